The molecule has 2 aliphatic heterocycles. The first kappa shape index (κ1) is 14.1. The van der Waals surface area contributed by atoms with Gasteiger partial charge in [0.2, 0.25) is 12.7 Å². The van der Waals surface area contributed by atoms with E-state index in [1.165, 1.54) is 0 Å². The quantitative estimate of drug-likeness (QED) is 0.798. The van der Waals surface area contributed by atoms with Crippen molar-refractivity contribution in [1.82, 2.24) is 15.5 Å². The minimum Gasteiger partial charge on any atom is -0.454 e. The summed E-state index contributed by atoms with van der Waals surface area (Å²) in [6, 6.07) is 5.67. The zero-order valence-corrected chi connectivity index (χ0v) is 12.8. The minimum absolute atomic E-state index is 0.00254. The molecule has 0 saturated carbocycles. The SMILES string of the molecule is CC(C(=O)Nc1[nH]ncc1-c1ccc2c(c1)OCO2)C1CNC1. The standard InChI is InChI=1S/C16H18N4O3/c1-9(11-5-17-6-11)16(21)19-15-12(7-18-20-15)10-2-3-13-14(4-10)23-8-22-13/h2-4,7,9,11,17H,5-6,8H2,1H3,(H2,18,19,20,21). The number of carbonyl (C=O) groups excluding carboxylic acids is 1. The number of benzene rings is 1. The second kappa shape index (κ2) is 5.58. The maximum atomic E-state index is 12.4. The number of rotatable bonds is 4. The van der Waals surface area contributed by atoms with E-state index in [2.05, 4.69) is 20.8 Å². The van der Waals surface area contributed by atoms with Crippen LogP contribution in [0.1, 0.15) is 6.92 Å². The Labute approximate surface area is 133 Å². The van der Waals surface area contributed by atoms with Crippen LogP contribution < -0.4 is 20.1 Å². The number of fused-ring (bicyclic) bond motifs is 1. The number of carbonyl (C=O) groups is 1. The van der Waals surface area contributed by atoms with Crippen LogP contribution in [-0.2, 0) is 4.79 Å². The van der Waals surface area contributed by atoms with Crippen molar-refractivity contribution >= 4 is 11.7 Å². The first-order valence-corrected chi connectivity index (χ1v) is 7.67. The van der Waals surface area contributed by atoms with Gasteiger partial charge in [-0.3, -0.25) is 9.89 Å². The smallest absolute Gasteiger partial charge is 0.231 e. The largest absolute Gasteiger partial charge is 0.454 e. The van der Waals surface area contributed by atoms with E-state index in [0.29, 0.717) is 17.5 Å². The highest BCUT2D eigenvalue weighted by atomic mass is 16.7. The molecule has 1 atom stereocenters. The van der Waals surface area contributed by atoms with Crippen LogP contribution in [0.3, 0.4) is 0 Å². The third-order valence-electron chi connectivity index (χ3n) is 4.50. The Bertz CT molecular complexity index is 739. The zero-order chi connectivity index (χ0) is 15.8. The molecule has 7 heteroatoms. The molecule has 1 amide bonds. The Morgan fingerprint density at radius 1 is 1.35 bits per heavy atom. The fourth-order valence-corrected chi connectivity index (χ4v) is 2.78. The monoisotopic (exact) mass is 314 g/mol. The topological polar surface area (TPSA) is 88.3 Å². The average molecular weight is 314 g/mol. The molecule has 120 valence electrons. The highest BCUT2D eigenvalue weighted by Crippen LogP contribution is 2.37. The summed E-state index contributed by atoms with van der Waals surface area (Å²) in [6.07, 6.45) is 1.70. The molecule has 3 heterocycles. The third kappa shape index (κ3) is 2.53. The van der Waals surface area contributed by atoms with Crippen molar-refractivity contribution < 1.29 is 14.3 Å². The Kier molecular flexibility index (Phi) is 3.42. The van der Waals surface area contributed by atoms with Gasteiger partial charge in [0.05, 0.1) is 6.20 Å². The van der Waals surface area contributed by atoms with E-state index in [9.17, 15) is 4.79 Å². The van der Waals surface area contributed by atoms with Crippen molar-refractivity contribution in [3.63, 3.8) is 0 Å². The van der Waals surface area contributed by atoms with Crippen LogP contribution in [0.15, 0.2) is 24.4 Å². The minimum atomic E-state index is -0.0378. The number of hydrogen-bond donors (Lipinski definition) is 3. The second-order valence-electron chi connectivity index (χ2n) is 5.92. The summed E-state index contributed by atoms with van der Waals surface area (Å²) in [5.41, 5.74) is 1.74. The molecule has 23 heavy (non-hydrogen) atoms. The van der Waals surface area contributed by atoms with Crippen molar-refractivity contribution in [3.8, 4) is 22.6 Å². The van der Waals surface area contributed by atoms with Gasteiger partial charge in [-0.2, -0.15) is 5.10 Å². The molecule has 1 unspecified atom stereocenters. The molecule has 3 N–H and O–H groups in total. The molecule has 0 bridgehead atoms. The molecular weight excluding hydrogens is 296 g/mol. The Morgan fingerprint density at radius 3 is 2.96 bits per heavy atom. The Hall–Kier alpha value is -2.54. The van der Waals surface area contributed by atoms with Crippen LogP contribution in [0, 0.1) is 11.8 Å². The number of nitrogens with zero attached hydrogens (tertiary/aromatic N) is 1. The summed E-state index contributed by atoms with van der Waals surface area (Å²) in [5.74, 6) is 2.40. The summed E-state index contributed by atoms with van der Waals surface area (Å²) in [7, 11) is 0. The summed E-state index contributed by atoms with van der Waals surface area (Å²) >= 11 is 0. The van der Waals surface area contributed by atoms with Crippen molar-refractivity contribution in [2.24, 2.45) is 11.8 Å². The van der Waals surface area contributed by atoms with Gasteiger partial charge < -0.3 is 20.1 Å². The lowest BCUT2D eigenvalue weighted by atomic mass is 9.88. The molecule has 1 aromatic heterocycles. The maximum Gasteiger partial charge on any atom is 0.231 e. The maximum absolute atomic E-state index is 12.4. The van der Waals surface area contributed by atoms with E-state index >= 15 is 0 Å². The van der Waals surface area contributed by atoms with Gasteiger partial charge in [-0.1, -0.05) is 13.0 Å². The molecule has 7 nitrogen and oxygen atoms in total. The summed E-state index contributed by atoms with van der Waals surface area (Å²) in [5, 5.41) is 13.1. The zero-order valence-electron chi connectivity index (χ0n) is 12.8. The molecule has 0 radical (unpaired) electrons. The van der Waals surface area contributed by atoms with Crippen molar-refractivity contribution in [1.29, 1.82) is 0 Å². The van der Waals surface area contributed by atoms with Gasteiger partial charge in [-0.05, 0) is 36.7 Å². The predicted molar refractivity (Wildman–Crippen MR) is 84.3 cm³/mol. The number of aromatic amines is 1. The molecule has 1 fully saturated rings. The molecule has 2 aliphatic rings. The first-order chi connectivity index (χ1) is 11.2. The van der Waals surface area contributed by atoms with Gasteiger partial charge in [0.1, 0.15) is 5.82 Å². The van der Waals surface area contributed by atoms with Crippen molar-refractivity contribution in [2.75, 3.05) is 25.2 Å². The van der Waals surface area contributed by atoms with Crippen molar-refractivity contribution in [3.05, 3.63) is 24.4 Å². The van der Waals surface area contributed by atoms with Crippen LogP contribution in [0.2, 0.25) is 0 Å². The number of amides is 1. The molecule has 1 aromatic carbocycles. The van der Waals surface area contributed by atoms with Gasteiger partial charge in [0.15, 0.2) is 11.5 Å². The first-order valence-electron chi connectivity index (χ1n) is 7.67. The molecule has 1 saturated heterocycles. The van der Waals surface area contributed by atoms with Gasteiger partial charge in [0.25, 0.3) is 0 Å². The summed E-state index contributed by atoms with van der Waals surface area (Å²) in [6.45, 7) is 3.98. The van der Waals surface area contributed by atoms with Gasteiger partial charge in [0, 0.05) is 11.5 Å². The highest BCUT2D eigenvalue weighted by molar-refractivity contribution is 5.95. The fraction of sp³-hybridized carbons (Fsp3) is 0.375. The number of H-pyrrole nitrogens is 1. The Morgan fingerprint density at radius 2 is 2.17 bits per heavy atom. The number of anilines is 1. The lowest BCUT2D eigenvalue weighted by molar-refractivity contribution is -0.121. The van der Waals surface area contributed by atoms with E-state index in [-0.39, 0.29) is 18.6 Å². The lowest BCUT2D eigenvalue weighted by Crippen LogP contribution is -2.48. The van der Waals surface area contributed by atoms with E-state index in [1.54, 1.807) is 6.20 Å². The van der Waals surface area contributed by atoms with E-state index < -0.39 is 0 Å². The normalized spacial score (nSPS) is 17.6. The molecular formula is C16H18N4O3. The van der Waals surface area contributed by atoms with E-state index in [1.807, 2.05) is 25.1 Å². The van der Waals surface area contributed by atoms with Crippen LogP contribution in [-0.4, -0.2) is 36.0 Å². The van der Waals surface area contributed by atoms with Crippen LogP contribution in [0.5, 0.6) is 11.5 Å². The van der Waals surface area contributed by atoms with Crippen LogP contribution in [0.25, 0.3) is 11.1 Å². The van der Waals surface area contributed by atoms with E-state index in [0.717, 1.165) is 30.0 Å². The fourth-order valence-electron chi connectivity index (χ4n) is 2.78. The predicted octanol–water partition coefficient (Wildman–Crippen LogP) is 1.60. The third-order valence-corrected chi connectivity index (χ3v) is 4.50. The number of nitrogens with one attached hydrogen (secondary N) is 3. The van der Waals surface area contributed by atoms with E-state index in [4.69, 9.17) is 9.47 Å². The number of aromatic nitrogens is 2. The summed E-state index contributed by atoms with van der Waals surface area (Å²) < 4.78 is 10.7. The van der Waals surface area contributed by atoms with Gasteiger partial charge >= 0.3 is 0 Å². The van der Waals surface area contributed by atoms with Crippen LogP contribution in [0.4, 0.5) is 5.82 Å². The average Bonchev–Trinajstić information content (AvgIpc) is 3.12. The molecule has 4 rings (SSSR count). The molecule has 2 aromatic rings. The van der Waals surface area contributed by atoms with Crippen LogP contribution >= 0.6 is 0 Å². The van der Waals surface area contributed by atoms with Gasteiger partial charge in [-0.25, -0.2) is 0 Å². The van der Waals surface area contributed by atoms with Gasteiger partial charge in [-0.15, -0.1) is 0 Å². The summed E-state index contributed by atoms with van der Waals surface area (Å²) in [4.78, 5) is 12.4. The molecule has 0 aliphatic carbocycles. The molecule has 0 spiro atoms. The van der Waals surface area contributed by atoms with Crippen molar-refractivity contribution in [2.45, 2.75) is 6.92 Å². The number of hydrogen-bond acceptors (Lipinski definition) is 5. The Balaban J connectivity index is 1.55. The number of ether oxygens (including phenoxy) is 2. The lowest BCUT2D eigenvalue weighted by Gasteiger charge is -2.31. The second-order valence-corrected chi connectivity index (χ2v) is 5.92. The highest BCUT2D eigenvalue weighted by Gasteiger charge is 2.29.